The van der Waals surface area contributed by atoms with Gasteiger partial charge < -0.3 is 20.1 Å². The van der Waals surface area contributed by atoms with E-state index in [-0.39, 0.29) is 12.8 Å². The zero-order valence-corrected chi connectivity index (χ0v) is 16.3. The standard InChI is InChI=1S/C19H25FN2O6/c1-11(18(25)27-3)9-16(19(26)28-4)22-17(24)15(21-12(2)23)10-13-5-7-14(20)8-6-13/h5-8,11,15-16H,9-10H2,1-4H3,(H,21,23)(H,22,24)/t11-,15+,16-/m0/s1. The van der Waals surface area contributed by atoms with E-state index in [1.54, 1.807) is 6.92 Å². The molecule has 0 aliphatic carbocycles. The molecule has 154 valence electrons. The summed E-state index contributed by atoms with van der Waals surface area (Å²) in [4.78, 5) is 47.8. The molecule has 0 unspecified atom stereocenters. The van der Waals surface area contributed by atoms with Crippen molar-refractivity contribution in [2.75, 3.05) is 14.2 Å². The topological polar surface area (TPSA) is 111 Å². The van der Waals surface area contributed by atoms with Gasteiger partial charge in [0.25, 0.3) is 0 Å². The minimum absolute atomic E-state index is 0.0333. The van der Waals surface area contributed by atoms with Crippen LogP contribution < -0.4 is 10.6 Å². The molecule has 0 saturated heterocycles. The van der Waals surface area contributed by atoms with Crippen molar-refractivity contribution in [3.63, 3.8) is 0 Å². The fraction of sp³-hybridized carbons (Fsp3) is 0.474. The maximum atomic E-state index is 13.1. The number of hydrogen-bond acceptors (Lipinski definition) is 6. The Hall–Kier alpha value is -2.97. The van der Waals surface area contributed by atoms with Crippen LogP contribution in [-0.4, -0.2) is 50.1 Å². The second kappa shape index (κ2) is 11.0. The fourth-order valence-electron chi connectivity index (χ4n) is 2.59. The Morgan fingerprint density at radius 3 is 2.04 bits per heavy atom. The van der Waals surface area contributed by atoms with E-state index in [1.807, 2.05) is 0 Å². The number of ether oxygens (including phenoxy) is 2. The van der Waals surface area contributed by atoms with E-state index < -0.39 is 47.6 Å². The molecule has 0 fully saturated rings. The number of nitrogens with one attached hydrogen (secondary N) is 2. The molecule has 0 aromatic heterocycles. The first kappa shape index (κ1) is 23.1. The Balaban J connectivity index is 2.93. The lowest BCUT2D eigenvalue weighted by Gasteiger charge is -2.23. The van der Waals surface area contributed by atoms with Crippen LogP contribution in [0.25, 0.3) is 0 Å². The number of esters is 2. The molecule has 9 heteroatoms. The maximum absolute atomic E-state index is 13.1. The van der Waals surface area contributed by atoms with Gasteiger partial charge in [-0.3, -0.25) is 14.4 Å². The van der Waals surface area contributed by atoms with Crippen LogP contribution in [0.5, 0.6) is 0 Å². The number of benzene rings is 1. The zero-order valence-electron chi connectivity index (χ0n) is 16.3. The second-order valence-electron chi connectivity index (χ2n) is 6.33. The van der Waals surface area contributed by atoms with Gasteiger partial charge in [-0.2, -0.15) is 0 Å². The predicted octanol–water partition coefficient (Wildman–Crippen LogP) is 0.730. The molecule has 3 atom stereocenters. The summed E-state index contributed by atoms with van der Waals surface area (Å²) < 4.78 is 22.4. The lowest BCUT2D eigenvalue weighted by Crippen LogP contribution is -2.53. The molecule has 0 spiro atoms. The minimum atomic E-state index is -1.10. The molecule has 2 N–H and O–H groups in total. The number of methoxy groups -OCH3 is 2. The highest BCUT2D eigenvalue weighted by molar-refractivity contribution is 5.90. The van der Waals surface area contributed by atoms with E-state index in [0.29, 0.717) is 5.56 Å². The third kappa shape index (κ3) is 7.34. The van der Waals surface area contributed by atoms with Gasteiger partial charge in [-0.15, -0.1) is 0 Å². The summed E-state index contributed by atoms with van der Waals surface area (Å²) >= 11 is 0. The van der Waals surface area contributed by atoms with Gasteiger partial charge in [0.1, 0.15) is 17.9 Å². The molecule has 28 heavy (non-hydrogen) atoms. The van der Waals surface area contributed by atoms with Crippen molar-refractivity contribution in [2.45, 2.75) is 38.8 Å². The van der Waals surface area contributed by atoms with Crippen LogP contribution in [0.15, 0.2) is 24.3 Å². The van der Waals surface area contributed by atoms with Crippen molar-refractivity contribution in [1.82, 2.24) is 10.6 Å². The normalized spacial score (nSPS) is 13.6. The molecule has 1 aromatic rings. The Kier molecular flexibility index (Phi) is 9.07. The predicted molar refractivity (Wildman–Crippen MR) is 97.5 cm³/mol. The average molecular weight is 396 g/mol. The van der Waals surface area contributed by atoms with Gasteiger partial charge in [0.15, 0.2) is 0 Å². The first-order valence-corrected chi connectivity index (χ1v) is 8.65. The van der Waals surface area contributed by atoms with Gasteiger partial charge in [-0.25, -0.2) is 9.18 Å². The molecule has 1 rings (SSSR count). The van der Waals surface area contributed by atoms with Gasteiger partial charge in [0, 0.05) is 13.3 Å². The average Bonchev–Trinajstić information content (AvgIpc) is 2.66. The van der Waals surface area contributed by atoms with Crippen LogP contribution >= 0.6 is 0 Å². The second-order valence-corrected chi connectivity index (χ2v) is 6.33. The van der Waals surface area contributed by atoms with Crippen molar-refractivity contribution in [3.05, 3.63) is 35.6 Å². The Labute approximate surface area is 162 Å². The van der Waals surface area contributed by atoms with Gasteiger partial charge in [-0.05, 0) is 24.1 Å². The largest absolute Gasteiger partial charge is 0.469 e. The third-order valence-corrected chi connectivity index (χ3v) is 4.04. The Morgan fingerprint density at radius 1 is 0.964 bits per heavy atom. The van der Waals surface area contributed by atoms with E-state index in [0.717, 1.165) is 7.11 Å². The van der Waals surface area contributed by atoms with E-state index in [9.17, 15) is 23.6 Å². The summed E-state index contributed by atoms with van der Waals surface area (Å²) in [6.45, 7) is 2.81. The molecule has 1 aromatic carbocycles. The van der Waals surface area contributed by atoms with Crippen molar-refractivity contribution >= 4 is 23.8 Å². The van der Waals surface area contributed by atoms with E-state index in [1.165, 1.54) is 38.3 Å². The molecule has 0 saturated carbocycles. The van der Waals surface area contributed by atoms with Crippen molar-refractivity contribution in [2.24, 2.45) is 5.92 Å². The van der Waals surface area contributed by atoms with Crippen LogP contribution in [0.4, 0.5) is 4.39 Å². The number of carbonyl (C=O) groups is 4. The van der Waals surface area contributed by atoms with Crippen molar-refractivity contribution in [1.29, 1.82) is 0 Å². The van der Waals surface area contributed by atoms with Gasteiger partial charge >= 0.3 is 11.9 Å². The summed E-state index contributed by atoms with van der Waals surface area (Å²) in [7, 11) is 2.38. The van der Waals surface area contributed by atoms with Crippen LogP contribution in [0, 0.1) is 11.7 Å². The fourth-order valence-corrected chi connectivity index (χ4v) is 2.59. The van der Waals surface area contributed by atoms with Crippen molar-refractivity contribution < 1.29 is 33.0 Å². The summed E-state index contributed by atoms with van der Waals surface area (Å²) in [6.07, 6.45) is 0.0561. The van der Waals surface area contributed by atoms with Crippen LogP contribution in [-0.2, 0) is 35.1 Å². The first-order valence-electron chi connectivity index (χ1n) is 8.65. The molecule has 0 bridgehead atoms. The Morgan fingerprint density at radius 2 is 1.54 bits per heavy atom. The van der Waals surface area contributed by atoms with E-state index >= 15 is 0 Å². The van der Waals surface area contributed by atoms with E-state index in [4.69, 9.17) is 0 Å². The summed E-state index contributed by atoms with van der Waals surface area (Å²) in [5.74, 6) is -3.43. The maximum Gasteiger partial charge on any atom is 0.328 e. The summed E-state index contributed by atoms with van der Waals surface area (Å²) in [5.41, 5.74) is 0.618. The molecule has 0 aliphatic heterocycles. The number of carbonyl (C=O) groups excluding carboxylic acids is 4. The number of hydrogen-bond donors (Lipinski definition) is 2. The summed E-state index contributed by atoms with van der Waals surface area (Å²) in [6, 6.07) is 3.38. The minimum Gasteiger partial charge on any atom is -0.469 e. The monoisotopic (exact) mass is 396 g/mol. The molecular weight excluding hydrogens is 371 g/mol. The van der Waals surface area contributed by atoms with Gasteiger partial charge in [0.05, 0.1) is 20.1 Å². The number of halogens is 1. The molecule has 8 nitrogen and oxygen atoms in total. The zero-order chi connectivity index (χ0) is 21.3. The summed E-state index contributed by atoms with van der Waals surface area (Å²) in [5, 5.41) is 5.01. The van der Waals surface area contributed by atoms with Crippen LogP contribution in [0.2, 0.25) is 0 Å². The SMILES string of the molecule is COC(=O)[C@H](C[C@H](C)C(=O)OC)NC(=O)[C@@H](Cc1ccc(F)cc1)NC(C)=O. The van der Waals surface area contributed by atoms with Crippen LogP contribution in [0.3, 0.4) is 0 Å². The quantitative estimate of drug-likeness (QED) is 0.596. The Bertz CT molecular complexity index is 707. The smallest absolute Gasteiger partial charge is 0.328 e. The third-order valence-electron chi connectivity index (χ3n) is 4.04. The van der Waals surface area contributed by atoms with Crippen LogP contribution in [0.1, 0.15) is 25.8 Å². The highest BCUT2D eigenvalue weighted by Crippen LogP contribution is 2.11. The molecule has 2 amide bonds. The first-order chi connectivity index (χ1) is 13.2. The lowest BCUT2D eigenvalue weighted by atomic mass is 10.0. The van der Waals surface area contributed by atoms with Gasteiger partial charge in [-0.1, -0.05) is 19.1 Å². The number of amides is 2. The molecule has 0 aliphatic rings. The highest BCUT2D eigenvalue weighted by Gasteiger charge is 2.30. The van der Waals surface area contributed by atoms with E-state index in [2.05, 4.69) is 20.1 Å². The molecule has 0 radical (unpaired) electrons. The molecule has 0 heterocycles. The number of rotatable bonds is 9. The molecular formula is C19H25FN2O6. The van der Waals surface area contributed by atoms with Gasteiger partial charge in [0.2, 0.25) is 11.8 Å². The highest BCUT2D eigenvalue weighted by atomic mass is 19.1. The lowest BCUT2D eigenvalue weighted by molar-refractivity contribution is -0.149. The van der Waals surface area contributed by atoms with Crippen molar-refractivity contribution in [3.8, 4) is 0 Å².